The average molecular weight is 393 g/mol. The van der Waals surface area contributed by atoms with E-state index in [4.69, 9.17) is 18.0 Å². The van der Waals surface area contributed by atoms with Crippen molar-refractivity contribution in [2.24, 2.45) is 5.41 Å². The summed E-state index contributed by atoms with van der Waals surface area (Å²) in [6, 6.07) is 7.99. The highest BCUT2D eigenvalue weighted by atomic mass is 35.5. The van der Waals surface area contributed by atoms with Gasteiger partial charge in [-0.05, 0) is 48.1 Å². The van der Waals surface area contributed by atoms with Crippen LogP contribution in [0.25, 0.3) is 10.9 Å². The van der Waals surface area contributed by atoms with Crippen LogP contribution in [0.15, 0.2) is 36.8 Å². The van der Waals surface area contributed by atoms with E-state index < -0.39 is 0 Å². The molecule has 3 aromatic rings. The van der Waals surface area contributed by atoms with Crippen LogP contribution in [0.1, 0.15) is 43.5 Å². The van der Waals surface area contributed by atoms with Gasteiger partial charge >= 0.3 is 0 Å². The van der Waals surface area contributed by atoms with Crippen molar-refractivity contribution in [2.45, 2.75) is 40.0 Å². The van der Waals surface area contributed by atoms with Gasteiger partial charge in [-0.2, -0.15) is 0 Å². The Morgan fingerprint density at radius 1 is 1.21 bits per heavy atom. The number of nitrogens with one attached hydrogen (secondary N) is 1. The molecule has 2 heterocycles. The number of hydrogen-bond donors (Lipinski definition) is 1. The third-order valence-corrected chi connectivity index (χ3v) is 4.89. The molecule has 0 amide bonds. The van der Waals surface area contributed by atoms with Gasteiger partial charge in [0, 0.05) is 23.8 Å². The minimum atomic E-state index is -0.0715. The molecule has 3 rings (SSSR count). The van der Waals surface area contributed by atoms with Crippen LogP contribution in [0.3, 0.4) is 0 Å². The predicted molar refractivity (Wildman–Crippen MR) is 117 cm³/mol. The molecule has 144 valence electrons. The van der Waals surface area contributed by atoms with Gasteiger partial charge in [0.25, 0.3) is 0 Å². The van der Waals surface area contributed by atoms with Crippen LogP contribution in [-0.4, -0.2) is 21.5 Å². The van der Waals surface area contributed by atoms with E-state index in [2.05, 4.69) is 53.0 Å². The molecule has 1 atom stereocenters. The second-order valence-electron chi connectivity index (χ2n) is 8.21. The molecule has 0 aliphatic heterocycles. The van der Waals surface area contributed by atoms with Gasteiger partial charge in [-0.3, -0.25) is 4.98 Å². The Kier molecular flexibility index (Phi) is 5.86. The second kappa shape index (κ2) is 8.16. The molecule has 0 bridgehead atoms. The van der Waals surface area contributed by atoms with E-state index in [0.717, 1.165) is 40.1 Å². The number of nitrogens with zero attached hydrogens (tertiary/aromatic N) is 3. The van der Waals surface area contributed by atoms with Gasteiger partial charge in [-0.25, -0.2) is 9.97 Å². The zero-order chi connectivity index (χ0) is 20.3. The highest BCUT2D eigenvalue weighted by Gasteiger charge is 2.16. The molecule has 0 saturated carbocycles. The van der Waals surface area contributed by atoms with Gasteiger partial charge in [0.15, 0.2) is 0 Å². The van der Waals surface area contributed by atoms with E-state index in [9.17, 15) is 0 Å². The molecule has 1 N–H and O–H groups in total. The molecule has 4 nitrogen and oxygen atoms in total. The van der Waals surface area contributed by atoms with Crippen molar-refractivity contribution in [2.75, 3.05) is 11.9 Å². The summed E-state index contributed by atoms with van der Waals surface area (Å²) >= 11 is 6.55. The summed E-state index contributed by atoms with van der Waals surface area (Å²) in [6.07, 6.45) is 9.85. The topological polar surface area (TPSA) is 50.7 Å². The summed E-state index contributed by atoms with van der Waals surface area (Å²) in [5.41, 5.74) is 3.94. The predicted octanol–water partition coefficient (Wildman–Crippen LogP) is 5.40. The number of halogens is 1. The maximum Gasteiger partial charge on any atom is 0.137 e. The molecule has 5 heteroatoms. The fourth-order valence-electron chi connectivity index (χ4n) is 3.15. The molecule has 2 aromatic heterocycles. The molecule has 0 fully saturated rings. The Hall–Kier alpha value is -2.64. The number of aryl methyl sites for hydroxylation is 1. The Balaban J connectivity index is 1.98. The highest BCUT2D eigenvalue weighted by Crippen LogP contribution is 2.31. The Labute approximate surface area is 171 Å². The van der Waals surface area contributed by atoms with Gasteiger partial charge in [-0.15, -0.1) is 6.42 Å². The Morgan fingerprint density at radius 3 is 2.68 bits per heavy atom. The van der Waals surface area contributed by atoms with Crippen LogP contribution in [0.5, 0.6) is 0 Å². The minimum absolute atomic E-state index is 0.0715. The molecule has 28 heavy (non-hydrogen) atoms. The summed E-state index contributed by atoms with van der Waals surface area (Å²) in [4.78, 5) is 13.2. The van der Waals surface area contributed by atoms with E-state index in [-0.39, 0.29) is 11.3 Å². The number of fused-ring (bicyclic) bond motifs is 1. The van der Waals surface area contributed by atoms with E-state index in [1.165, 1.54) is 0 Å². The fraction of sp³-hybridized carbons (Fsp3) is 0.348. The van der Waals surface area contributed by atoms with Crippen molar-refractivity contribution in [3.05, 3.63) is 58.6 Å². The molecule has 1 aromatic carbocycles. The first-order chi connectivity index (χ1) is 13.3. The number of rotatable bonds is 5. The molecular formula is C23H25ClN4. The minimum Gasteiger partial charge on any atom is -0.369 e. The molecule has 0 radical (unpaired) electrons. The van der Waals surface area contributed by atoms with Crippen molar-refractivity contribution in [3.63, 3.8) is 0 Å². The number of pyridine rings is 1. The fourth-order valence-corrected chi connectivity index (χ4v) is 3.44. The normalized spacial score (nSPS) is 12.6. The zero-order valence-corrected chi connectivity index (χ0v) is 17.5. The van der Waals surface area contributed by atoms with Crippen molar-refractivity contribution in [1.29, 1.82) is 0 Å². The van der Waals surface area contributed by atoms with Crippen molar-refractivity contribution < 1.29 is 0 Å². The standard InChI is InChI=1S/C23H25ClN4/c1-6-17(18-8-7-9-25-15(18)2)10-16-11-19-21(20(24)12-16)27-14-28-22(19)26-13-23(3,4)5/h1,7-9,11-12,14,17H,10,13H2,2-5H3,(H,26,27,28). The first-order valence-corrected chi connectivity index (χ1v) is 9.71. The largest absolute Gasteiger partial charge is 0.369 e. The van der Waals surface area contributed by atoms with Crippen LogP contribution in [-0.2, 0) is 6.42 Å². The van der Waals surface area contributed by atoms with Crippen LogP contribution in [0, 0.1) is 24.7 Å². The van der Waals surface area contributed by atoms with E-state index in [0.29, 0.717) is 11.4 Å². The van der Waals surface area contributed by atoms with Crippen molar-refractivity contribution >= 4 is 28.3 Å². The third kappa shape index (κ3) is 4.61. The van der Waals surface area contributed by atoms with Gasteiger partial charge in [0.1, 0.15) is 12.1 Å². The van der Waals surface area contributed by atoms with Gasteiger partial charge in [-0.1, -0.05) is 44.4 Å². The number of anilines is 1. The van der Waals surface area contributed by atoms with Crippen LogP contribution >= 0.6 is 11.6 Å². The molecule has 0 aliphatic carbocycles. The molecular weight excluding hydrogens is 368 g/mol. The Morgan fingerprint density at radius 2 is 2.00 bits per heavy atom. The van der Waals surface area contributed by atoms with E-state index in [1.807, 2.05) is 25.1 Å². The van der Waals surface area contributed by atoms with Gasteiger partial charge in [0.05, 0.1) is 16.5 Å². The first-order valence-electron chi connectivity index (χ1n) is 9.33. The van der Waals surface area contributed by atoms with E-state index in [1.54, 1.807) is 12.5 Å². The van der Waals surface area contributed by atoms with Crippen LogP contribution in [0.4, 0.5) is 5.82 Å². The molecule has 0 saturated heterocycles. The Bertz CT molecular complexity index is 1030. The van der Waals surface area contributed by atoms with Crippen molar-refractivity contribution in [1.82, 2.24) is 15.0 Å². The number of aromatic nitrogens is 3. The summed E-state index contributed by atoms with van der Waals surface area (Å²) < 4.78 is 0. The second-order valence-corrected chi connectivity index (χ2v) is 8.62. The molecule has 1 unspecified atom stereocenters. The highest BCUT2D eigenvalue weighted by molar-refractivity contribution is 6.35. The van der Waals surface area contributed by atoms with Gasteiger partial charge in [0.2, 0.25) is 0 Å². The van der Waals surface area contributed by atoms with Crippen LogP contribution in [0.2, 0.25) is 5.02 Å². The number of hydrogen-bond acceptors (Lipinski definition) is 4. The van der Waals surface area contributed by atoms with E-state index >= 15 is 0 Å². The lowest BCUT2D eigenvalue weighted by atomic mass is 9.91. The quantitative estimate of drug-likeness (QED) is 0.590. The summed E-state index contributed by atoms with van der Waals surface area (Å²) in [5.74, 6) is 3.62. The molecule has 0 aliphatic rings. The summed E-state index contributed by atoms with van der Waals surface area (Å²) in [6.45, 7) is 9.30. The third-order valence-electron chi connectivity index (χ3n) is 4.60. The average Bonchev–Trinajstić information content (AvgIpc) is 2.64. The smallest absolute Gasteiger partial charge is 0.137 e. The van der Waals surface area contributed by atoms with Crippen molar-refractivity contribution in [3.8, 4) is 12.3 Å². The summed E-state index contributed by atoms with van der Waals surface area (Å²) in [5, 5.41) is 4.94. The summed E-state index contributed by atoms with van der Waals surface area (Å²) in [7, 11) is 0. The number of benzene rings is 1. The zero-order valence-electron chi connectivity index (χ0n) is 16.8. The molecule has 0 spiro atoms. The maximum atomic E-state index is 6.55. The van der Waals surface area contributed by atoms with Gasteiger partial charge < -0.3 is 5.32 Å². The number of terminal acetylenes is 1. The maximum absolute atomic E-state index is 6.55. The lowest BCUT2D eigenvalue weighted by molar-refractivity contribution is 0.442. The first kappa shape index (κ1) is 20.1. The lowest BCUT2D eigenvalue weighted by Gasteiger charge is -2.20. The van der Waals surface area contributed by atoms with Crippen LogP contribution < -0.4 is 5.32 Å². The SMILES string of the molecule is C#CC(Cc1cc(Cl)c2ncnc(NCC(C)(C)C)c2c1)c1cccnc1C. The monoisotopic (exact) mass is 392 g/mol. The lowest BCUT2D eigenvalue weighted by Crippen LogP contribution is -2.19.